The van der Waals surface area contributed by atoms with Gasteiger partial charge in [-0.1, -0.05) is 0 Å². The van der Waals surface area contributed by atoms with Gasteiger partial charge in [0.2, 0.25) is 4.80 Å². The highest BCUT2D eigenvalue weighted by Crippen LogP contribution is 2.25. The molecule has 1 aromatic heterocycles. The Hall–Kier alpha value is -2.08. The largest absolute Gasteiger partial charge is 0.504 e. The lowest BCUT2D eigenvalue weighted by molar-refractivity contribution is 0.373. The number of methoxy groups -OCH3 is 1. The fraction of sp³-hybridized carbons (Fsp3) is 0.231. The molecule has 2 rings (SSSR count). The Balaban J connectivity index is 2.35. The van der Waals surface area contributed by atoms with Gasteiger partial charge in [-0.25, -0.2) is 4.68 Å². The van der Waals surface area contributed by atoms with E-state index in [1.165, 1.54) is 18.4 Å². The second-order valence-electron chi connectivity index (χ2n) is 3.87. The summed E-state index contributed by atoms with van der Waals surface area (Å²) in [5.74, 6) is 0.541. The molecule has 0 amide bonds. The van der Waals surface area contributed by atoms with Crippen LogP contribution in [0.4, 0.5) is 0 Å². The van der Waals surface area contributed by atoms with Crippen molar-refractivity contribution < 1.29 is 9.84 Å². The third-order valence-electron chi connectivity index (χ3n) is 2.57. The first kappa shape index (κ1) is 13.4. The molecule has 1 heterocycles. The number of hydrogen-bond acceptors (Lipinski definition) is 5. The predicted molar refractivity (Wildman–Crippen MR) is 76.2 cm³/mol. The zero-order valence-electron chi connectivity index (χ0n) is 11.0. The van der Waals surface area contributed by atoms with E-state index in [1.807, 2.05) is 12.3 Å². The number of phenolic OH excluding ortho intramolecular Hbond substituents is 1. The van der Waals surface area contributed by atoms with Gasteiger partial charge in [-0.3, -0.25) is 4.99 Å². The number of thiazole rings is 1. The van der Waals surface area contributed by atoms with Crippen LogP contribution in [0.25, 0.3) is 0 Å². The SMILES string of the molecule is CN=c1scc(C)n1/N=C/c1ccc(O)c(OC)c1. The fourth-order valence-corrected chi connectivity index (χ4v) is 2.35. The molecule has 0 saturated heterocycles. The Bertz CT molecular complexity index is 671. The molecule has 5 nitrogen and oxygen atoms in total. The summed E-state index contributed by atoms with van der Waals surface area (Å²) in [6.45, 7) is 1.97. The molecule has 6 heteroatoms. The minimum atomic E-state index is 0.114. The number of nitrogens with zero attached hydrogens (tertiary/aromatic N) is 3. The maximum Gasteiger partial charge on any atom is 0.205 e. The van der Waals surface area contributed by atoms with Gasteiger partial charge in [-0.2, -0.15) is 5.10 Å². The van der Waals surface area contributed by atoms with Crippen molar-refractivity contribution in [3.8, 4) is 11.5 Å². The van der Waals surface area contributed by atoms with E-state index in [0.29, 0.717) is 5.75 Å². The molecule has 0 bridgehead atoms. The van der Waals surface area contributed by atoms with E-state index in [9.17, 15) is 5.11 Å². The summed E-state index contributed by atoms with van der Waals surface area (Å²) in [5.41, 5.74) is 1.86. The Labute approximate surface area is 115 Å². The molecule has 0 saturated carbocycles. The molecule has 1 N–H and O–H groups in total. The van der Waals surface area contributed by atoms with Gasteiger partial charge in [0.1, 0.15) is 0 Å². The fourth-order valence-electron chi connectivity index (χ4n) is 1.58. The molecule has 19 heavy (non-hydrogen) atoms. The summed E-state index contributed by atoms with van der Waals surface area (Å²) < 4.78 is 6.82. The molecule has 0 spiro atoms. The molecule has 0 aliphatic carbocycles. The molecule has 100 valence electrons. The summed E-state index contributed by atoms with van der Waals surface area (Å²) in [6, 6.07) is 5.08. The zero-order chi connectivity index (χ0) is 13.8. The van der Waals surface area contributed by atoms with E-state index < -0.39 is 0 Å². The quantitative estimate of drug-likeness (QED) is 0.872. The monoisotopic (exact) mass is 277 g/mol. The van der Waals surface area contributed by atoms with Crippen LogP contribution in [0.2, 0.25) is 0 Å². The van der Waals surface area contributed by atoms with Gasteiger partial charge in [0.05, 0.1) is 19.0 Å². The molecule has 1 aromatic carbocycles. The normalized spacial score (nSPS) is 12.3. The van der Waals surface area contributed by atoms with Crippen LogP contribution in [0.5, 0.6) is 11.5 Å². The van der Waals surface area contributed by atoms with E-state index in [2.05, 4.69) is 10.1 Å². The van der Waals surface area contributed by atoms with Crippen LogP contribution in [-0.4, -0.2) is 30.2 Å². The number of aryl methyl sites for hydroxylation is 1. The first-order valence-corrected chi connectivity index (χ1v) is 6.55. The molecule has 0 radical (unpaired) electrons. The zero-order valence-corrected chi connectivity index (χ0v) is 11.8. The standard InChI is InChI=1S/C13H15N3O2S/c1-9-8-19-13(14-2)16(9)15-7-10-4-5-11(17)12(6-10)18-3/h4-8,17H,1-3H3/b14-13?,15-7+. The minimum absolute atomic E-state index is 0.114. The van der Waals surface area contributed by atoms with Crippen molar-refractivity contribution in [1.82, 2.24) is 4.68 Å². The Morgan fingerprint density at radius 3 is 2.89 bits per heavy atom. The van der Waals surface area contributed by atoms with Crippen LogP contribution in [0.3, 0.4) is 0 Å². The molecule has 0 atom stereocenters. The van der Waals surface area contributed by atoms with Gasteiger partial charge in [0, 0.05) is 12.4 Å². The second-order valence-corrected chi connectivity index (χ2v) is 4.71. The van der Waals surface area contributed by atoms with Crippen LogP contribution in [0.15, 0.2) is 33.7 Å². The van der Waals surface area contributed by atoms with Crippen molar-refractivity contribution >= 4 is 17.6 Å². The first-order valence-electron chi connectivity index (χ1n) is 5.67. The second kappa shape index (κ2) is 5.71. The van der Waals surface area contributed by atoms with Crippen molar-refractivity contribution in [3.05, 3.63) is 39.6 Å². The average Bonchev–Trinajstić information content (AvgIpc) is 2.78. The van der Waals surface area contributed by atoms with Gasteiger partial charge >= 0.3 is 0 Å². The van der Waals surface area contributed by atoms with Crippen molar-refractivity contribution in [3.63, 3.8) is 0 Å². The topological polar surface area (TPSA) is 59.1 Å². The van der Waals surface area contributed by atoms with Crippen molar-refractivity contribution in [1.29, 1.82) is 0 Å². The van der Waals surface area contributed by atoms with E-state index in [4.69, 9.17) is 4.74 Å². The number of ether oxygens (including phenoxy) is 1. The first-order chi connectivity index (χ1) is 9.15. The van der Waals surface area contributed by atoms with E-state index in [-0.39, 0.29) is 5.75 Å². The van der Waals surface area contributed by atoms with E-state index >= 15 is 0 Å². The minimum Gasteiger partial charge on any atom is -0.504 e. The van der Waals surface area contributed by atoms with Gasteiger partial charge in [0.15, 0.2) is 11.5 Å². The number of aromatic hydroxyl groups is 1. The molecule has 0 unspecified atom stereocenters. The summed E-state index contributed by atoms with van der Waals surface area (Å²) in [4.78, 5) is 4.99. The average molecular weight is 277 g/mol. The third-order valence-corrected chi connectivity index (χ3v) is 3.59. The Morgan fingerprint density at radius 2 is 2.21 bits per heavy atom. The van der Waals surface area contributed by atoms with Crippen LogP contribution < -0.4 is 9.54 Å². The number of phenols is 1. The van der Waals surface area contributed by atoms with Gasteiger partial charge in [0.25, 0.3) is 0 Å². The highest BCUT2D eigenvalue weighted by Gasteiger charge is 2.02. The number of rotatable bonds is 3. The van der Waals surface area contributed by atoms with Crippen molar-refractivity contribution in [2.45, 2.75) is 6.92 Å². The highest BCUT2D eigenvalue weighted by molar-refractivity contribution is 7.07. The van der Waals surface area contributed by atoms with Crippen LogP contribution in [-0.2, 0) is 0 Å². The van der Waals surface area contributed by atoms with Gasteiger partial charge < -0.3 is 9.84 Å². The molecule has 0 fully saturated rings. The van der Waals surface area contributed by atoms with Crippen molar-refractivity contribution in [2.75, 3.05) is 14.2 Å². The lowest BCUT2D eigenvalue weighted by Crippen LogP contribution is -2.11. The van der Waals surface area contributed by atoms with Gasteiger partial charge in [-0.05, 0) is 30.7 Å². The van der Waals surface area contributed by atoms with Crippen LogP contribution >= 0.6 is 11.3 Å². The maximum atomic E-state index is 9.53. The highest BCUT2D eigenvalue weighted by atomic mass is 32.1. The molecule has 0 aliphatic rings. The Morgan fingerprint density at radius 1 is 1.42 bits per heavy atom. The smallest absolute Gasteiger partial charge is 0.205 e. The van der Waals surface area contributed by atoms with Gasteiger partial charge in [-0.15, -0.1) is 11.3 Å². The van der Waals surface area contributed by atoms with Crippen LogP contribution in [0.1, 0.15) is 11.3 Å². The van der Waals surface area contributed by atoms with Crippen LogP contribution in [0, 0.1) is 6.92 Å². The lowest BCUT2D eigenvalue weighted by atomic mass is 10.2. The lowest BCUT2D eigenvalue weighted by Gasteiger charge is -2.03. The molecule has 2 aromatic rings. The summed E-state index contributed by atoms with van der Waals surface area (Å²) in [7, 11) is 3.25. The summed E-state index contributed by atoms with van der Waals surface area (Å²) in [6.07, 6.45) is 1.70. The maximum absolute atomic E-state index is 9.53. The molecular weight excluding hydrogens is 262 g/mol. The predicted octanol–water partition coefficient (Wildman–Crippen LogP) is 1.98. The Kier molecular flexibility index (Phi) is 4.01. The van der Waals surface area contributed by atoms with E-state index in [0.717, 1.165) is 16.1 Å². The summed E-state index contributed by atoms with van der Waals surface area (Å²) in [5, 5.41) is 15.9. The molecule has 0 aliphatic heterocycles. The molecular formula is C13H15N3O2S. The number of hydrogen-bond donors (Lipinski definition) is 1. The number of benzene rings is 1. The number of aromatic nitrogens is 1. The third kappa shape index (κ3) is 2.85. The van der Waals surface area contributed by atoms with Crippen molar-refractivity contribution in [2.24, 2.45) is 10.1 Å². The van der Waals surface area contributed by atoms with E-state index in [1.54, 1.807) is 36.1 Å². The summed E-state index contributed by atoms with van der Waals surface area (Å²) >= 11 is 1.54.